The van der Waals surface area contributed by atoms with Crippen molar-refractivity contribution in [3.8, 4) is 0 Å². The molecule has 1 aromatic carbocycles. The molecule has 158 valence electrons. The van der Waals surface area contributed by atoms with Crippen molar-refractivity contribution in [3.63, 3.8) is 0 Å². The van der Waals surface area contributed by atoms with Gasteiger partial charge in [-0.3, -0.25) is 4.79 Å². The van der Waals surface area contributed by atoms with Gasteiger partial charge in [0.2, 0.25) is 0 Å². The first-order chi connectivity index (χ1) is 15.2. The lowest BCUT2D eigenvalue weighted by Gasteiger charge is -2.31. The minimum atomic E-state index is 0.0205. The maximum Gasteiger partial charge on any atom is 0.257 e. The van der Waals surface area contributed by atoms with Crippen LogP contribution in [0.4, 0.5) is 5.69 Å². The Morgan fingerprint density at radius 3 is 2.87 bits per heavy atom. The number of benzene rings is 1. The summed E-state index contributed by atoms with van der Waals surface area (Å²) in [5, 5.41) is 8.17. The summed E-state index contributed by atoms with van der Waals surface area (Å²) in [6.45, 7) is 3.95. The van der Waals surface area contributed by atoms with Crippen LogP contribution < -0.4 is 5.32 Å². The first kappa shape index (κ1) is 19.4. The number of aryl methyl sites for hydroxylation is 1. The summed E-state index contributed by atoms with van der Waals surface area (Å²) in [6.07, 6.45) is 5.45. The number of rotatable bonds is 5. The lowest BCUT2D eigenvalue weighted by atomic mass is 9.97. The van der Waals surface area contributed by atoms with Crippen LogP contribution in [0.2, 0.25) is 0 Å². The van der Waals surface area contributed by atoms with Crippen molar-refractivity contribution in [3.05, 3.63) is 83.7 Å². The molecular weight excluding hydrogens is 390 g/mol. The average Bonchev–Trinajstić information content (AvgIpc) is 3.43. The van der Waals surface area contributed by atoms with Gasteiger partial charge in [-0.05, 0) is 43.5 Å². The van der Waals surface area contributed by atoms with Crippen LogP contribution in [-0.4, -0.2) is 38.5 Å². The highest BCUT2D eigenvalue weighted by Gasteiger charge is 2.29. The Hall–Kier alpha value is -3.61. The monoisotopic (exact) mass is 415 g/mol. The fraction of sp³-hybridized carbons (Fsp3) is 0.292. The molecule has 1 amide bonds. The Kier molecular flexibility index (Phi) is 5.16. The third kappa shape index (κ3) is 4.03. The average molecular weight is 415 g/mol. The number of aromatic nitrogens is 3. The van der Waals surface area contributed by atoms with E-state index in [1.54, 1.807) is 12.3 Å². The molecule has 5 rings (SSSR count). The highest BCUT2D eigenvalue weighted by Crippen LogP contribution is 2.27. The number of furan rings is 1. The molecule has 7 nitrogen and oxygen atoms in total. The molecule has 7 heteroatoms. The number of fused-ring (bicyclic) bond motifs is 1. The quantitative estimate of drug-likeness (QED) is 0.527. The molecule has 0 spiro atoms. The minimum absolute atomic E-state index is 0.0205. The van der Waals surface area contributed by atoms with E-state index >= 15 is 0 Å². The van der Waals surface area contributed by atoms with E-state index in [0.717, 1.165) is 43.1 Å². The second kappa shape index (κ2) is 8.26. The van der Waals surface area contributed by atoms with E-state index in [1.807, 2.05) is 52.9 Å². The second-order valence-corrected chi connectivity index (χ2v) is 8.01. The summed E-state index contributed by atoms with van der Waals surface area (Å²) in [4.78, 5) is 19.5. The van der Waals surface area contributed by atoms with Crippen LogP contribution in [0.3, 0.4) is 0 Å². The zero-order valence-corrected chi connectivity index (χ0v) is 17.5. The van der Waals surface area contributed by atoms with Crippen molar-refractivity contribution < 1.29 is 9.21 Å². The standard InChI is InChI=1S/C24H25N5O2/c1-17-21(11-13-31-17)24(30)28-12-5-8-19(15-28)23-26-22-10-9-20(16-29(22)27-23)25-14-18-6-3-2-4-7-18/h2-4,6-7,9-11,13,16,19,25H,5,8,12,14-15H2,1H3. The normalized spacial score (nSPS) is 16.5. The van der Waals surface area contributed by atoms with Crippen LogP contribution in [0.5, 0.6) is 0 Å². The highest BCUT2D eigenvalue weighted by molar-refractivity contribution is 5.95. The maximum atomic E-state index is 12.9. The van der Waals surface area contributed by atoms with Gasteiger partial charge in [0.15, 0.2) is 11.5 Å². The number of likely N-dealkylation sites (tertiary alicyclic amines) is 1. The van der Waals surface area contributed by atoms with Gasteiger partial charge in [-0.2, -0.15) is 5.10 Å². The van der Waals surface area contributed by atoms with Gasteiger partial charge in [-0.15, -0.1) is 0 Å². The van der Waals surface area contributed by atoms with Gasteiger partial charge >= 0.3 is 0 Å². The van der Waals surface area contributed by atoms with Crippen LogP contribution >= 0.6 is 0 Å². The molecule has 1 unspecified atom stereocenters. The largest absolute Gasteiger partial charge is 0.469 e. The second-order valence-electron chi connectivity index (χ2n) is 8.01. The van der Waals surface area contributed by atoms with Crippen LogP contribution in [0.1, 0.15) is 46.3 Å². The van der Waals surface area contributed by atoms with Gasteiger partial charge in [-0.1, -0.05) is 30.3 Å². The molecule has 0 saturated carbocycles. The molecule has 1 fully saturated rings. The van der Waals surface area contributed by atoms with Gasteiger partial charge in [0.05, 0.1) is 23.7 Å². The van der Waals surface area contributed by atoms with Crippen molar-refractivity contribution in [1.82, 2.24) is 19.5 Å². The smallest absolute Gasteiger partial charge is 0.257 e. The third-order valence-corrected chi connectivity index (χ3v) is 5.85. The number of amides is 1. The summed E-state index contributed by atoms with van der Waals surface area (Å²) >= 11 is 0. The van der Waals surface area contributed by atoms with Crippen molar-refractivity contribution >= 4 is 17.2 Å². The number of hydrogen-bond acceptors (Lipinski definition) is 5. The summed E-state index contributed by atoms with van der Waals surface area (Å²) in [5.74, 6) is 1.60. The van der Waals surface area contributed by atoms with E-state index in [-0.39, 0.29) is 11.8 Å². The molecule has 1 N–H and O–H groups in total. The number of hydrogen-bond donors (Lipinski definition) is 1. The Labute approximate surface area is 180 Å². The summed E-state index contributed by atoms with van der Waals surface area (Å²) in [6, 6.07) is 16.0. The van der Waals surface area contributed by atoms with E-state index in [1.165, 1.54) is 5.56 Å². The van der Waals surface area contributed by atoms with Crippen LogP contribution in [0, 0.1) is 6.92 Å². The molecule has 1 atom stereocenters. The predicted molar refractivity (Wildman–Crippen MR) is 118 cm³/mol. The van der Waals surface area contributed by atoms with E-state index in [2.05, 4.69) is 17.4 Å². The van der Waals surface area contributed by atoms with Gasteiger partial charge in [0.25, 0.3) is 5.91 Å². The molecule has 0 bridgehead atoms. The van der Waals surface area contributed by atoms with E-state index < -0.39 is 0 Å². The van der Waals surface area contributed by atoms with Gasteiger partial charge in [-0.25, -0.2) is 9.50 Å². The summed E-state index contributed by atoms with van der Waals surface area (Å²) < 4.78 is 7.13. The van der Waals surface area contributed by atoms with E-state index in [4.69, 9.17) is 14.5 Å². The molecule has 31 heavy (non-hydrogen) atoms. The first-order valence-electron chi connectivity index (χ1n) is 10.6. The molecule has 4 aromatic rings. The van der Waals surface area contributed by atoms with Crippen LogP contribution in [-0.2, 0) is 6.54 Å². The zero-order chi connectivity index (χ0) is 21.2. The van der Waals surface area contributed by atoms with Gasteiger partial charge in [0.1, 0.15) is 5.76 Å². The number of nitrogens with zero attached hydrogens (tertiary/aromatic N) is 4. The zero-order valence-electron chi connectivity index (χ0n) is 17.5. The molecular formula is C24H25N5O2. The Balaban J connectivity index is 1.30. The lowest BCUT2D eigenvalue weighted by molar-refractivity contribution is 0.0703. The van der Waals surface area contributed by atoms with E-state index in [9.17, 15) is 4.79 Å². The fourth-order valence-electron chi connectivity index (χ4n) is 4.13. The number of carbonyl (C=O) groups excluding carboxylic acids is 1. The molecule has 0 aliphatic carbocycles. The summed E-state index contributed by atoms with van der Waals surface area (Å²) in [5.41, 5.74) is 3.66. The third-order valence-electron chi connectivity index (χ3n) is 5.85. The van der Waals surface area contributed by atoms with Gasteiger partial charge in [0, 0.05) is 25.6 Å². The van der Waals surface area contributed by atoms with Crippen molar-refractivity contribution in [2.45, 2.75) is 32.2 Å². The first-order valence-corrected chi connectivity index (χ1v) is 10.6. The number of piperidine rings is 1. The molecule has 1 saturated heterocycles. The Bertz CT molecular complexity index is 1200. The van der Waals surface area contributed by atoms with Crippen molar-refractivity contribution in [1.29, 1.82) is 0 Å². The Morgan fingerprint density at radius 1 is 1.19 bits per heavy atom. The van der Waals surface area contributed by atoms with Crippen LogP contribution in [0.25, 0.3) is 5.65 Å². The lowest BCUT2D eigenvalue weighted by Crippen LogP contribution is -2.39. The van der Waals surface area contributed by atoms with Gasteiger partial charge < -0.3 is 14.6 Å². The molecule has 0 radical (unpaired) electrons. The summed E-state index contributed by atoms with van der Waals surface area (Å²) in [7, 11) is 0. The SMILES string of the molecule is Cc1occc1C(=O)N1CCCC(c2nc3ccc(NCc4ccccc4)cn3n2)C1. The Morgan fingerprint density at radius 2 is 2.06 bits per heavy atom. The van der Waals surface area contributed by atoms with Crippen molar-refractivity contribution in [2.75, 3.05) is 18.4 Å². The minimum Gasteiger partial charge on any atom is -0.469 e. The van der Waals surface area contributed by atoms with E-state index in [0.29, 0.717) is 17.9 Å². The fourth-order valence-corrected chi connectivity index (χ4v) is 4.13. The number of carbonyl (C=O) groups is 1. The molecule has 1 aliphatic rings. The molecule has 1 aliphatic heterocycles. The highest BCUT2D eigenvalue weighted by atomic mass is 16.3. The molecule has 3 aromatic heterocycles. The maximum absolute atomic E-state index is 12.9. The topological polar surface area (TPSA) is 75.7 Å². The molecule has 4 heterocycles. The van der Waals surface area contributed by atoms with Crippen molar-refractivity contribution in [2.24, 2.45) is 0 Å². The predicted octanol–water partition coefficient (Wildman–Crippen LogP) is 4.26. The number of anilines is 1. The number of nitrogens with one attached hydrogen (secondary N) is 1. The number of pyridine rings is 1. The van der Waals surface area contributed by atoms with Crippen LogP contribution in [0.15, 0.2) is 65.4 Å².